The maximum absolute atomic E-state index is 13.0. The Morgan fingerprint density at radius 1 is 1.17 bits per heavy atom. The number of urea groups is 1. The van der Waals surface area contributed by atoms with Gasteiger partial charge in [0.15, 0.2) is 5.13 Å². The van der Waals surface area contributed by atoms with Gasteiger partial charge in [-0.05, 0) is 49.4 Å². The van der Waals surface area contributed by atoms with Gasteiger partial charge in [0, 0.05) is 41.3 Å². The van der Waals surface area contributed by atoms with Crippen LogP contribution in [0.2, 0.25) is 0 Å². The summed E-state index contributed by atoms with van der Waals surface area (Å²) in [4.78, 5) is 33.8. The molecule has 3 aromatic rings. The minimum Gasteiger partial charge on any atom is -0.399 e. The molecule has 0 fully saturated rings. The lowest BCUT2D eigenvalue weighted by molar-refractivity contribution is 0.102. The number of aromatic nitrogens is 1. The second-order valence-corrected chi connectivity index (χ2v) is 9.96. The van der Waals surface area contributed by atoms with Crippen molar-refractivity contribution >= 4 is 39.8 Å². The van der Waals surface area contributed by atoms with E-state index in [-0.39, 0.29) is 18.0 Å². The normalized spacial score (nSPS) is 14.1. The van der Waals surface area contributed by atoms with Crippen molar-refractivity contribution in [2.24, 2.45) is 0 Å². The highest BCUT2D eigenvalue weighted by Crippen LogP contribution is 2.28. The first-order valence-corrected chi connectivity index (χ1v) is 12.7. The Labute approximate surface area is 209 Å². The third-order valence-electron chi connectivity index (χ3n) is 5.99. The third kappa shape index (κ3) is 6.58. The number of nitrogen functional groups attached to an aromatic ring is 1. The average Bonchev–Trinajstić information content (AvgIpc) is 3.23. The predicted molar refractivity (Wildman–Crippen MR) is 142 cm³/mol. The molecule has 0 spiro atoms. The highest BCUT2D eigenvalue weighted by atomic mass is 32.1. The fourth-order valence-electron chi connectivity index (χ4n) is 4.11. The minimum absolute atomic E-state index is 0.204. The zero-order chi connectivity index (χ0) is 24.8. The zero-order valence-corrected chi connectivity index (χ0v) is 21.0. The molecule has 2 aromatic carbocycles. The summed E-state index contributed by atoms with van der Waals surface area (Å²) in [5, 5.41) is 9.47. The third-order valence-corrected chi connectivity index (χ3v) is 6.99. The Kier molecular flexibility index (Phi) is 7.99. The van der Waals surface area contributed by atoms with Gasteiger partial charge in [-0.25, -0.2) is 9.78 Å². The quantitative estimate of drug-likeness (QED) is 0.330. The zero-order valence-electron chi connectivity index (χ0n) is 20.1. The molecule has 4 rings (SSSR count). The standard InChI is InChI=1S/C26H32N6O2S/c1-3-4-11-21(29-25(34)28-20-10-6-9-19(27)15-20)17-7-5-8-18(14-17)24(33)31-26-30-22-12-13-32(2)16-23(22)35-26/h5-10,14-15,21H,3-4,11-13,16,27H2,1-2H3,(H2,28,29,34)(H,30,31,33). The van der Waals surface area contributed by atoms with E-state index in [0.717, 1.165) is 50.0 Å². The number of anilines is 3. The fourth-order valence-corrected chi connectivity index (χ4v) is 5.20. The van der Waals surface area contributed by atoms with Crippen LogP contribution in [0.25, 0.3) is 0 Å². The van der Waals surface area contributed by atoms with Crippen molar-refractivity contribution in [1.82, 2.24) is 15.2 Å². The van der Waals surface area contributed by atoms with Crippen LogP contribution in [0.3, 0.4) is 0 Å². The number of amides is 3. The largest absolute Gasteiger partial charge is 0.399 e. The van der Waals surface area contributed by atoms with Gasteiger partial charge >= 0.3 is 6.03 Å². The van der Waals surface area contributed by atoms with E-state index < -0.39 is 0 Å². The van der Waals surface area contributed by atoms with Gasteiger partial charge in [-0.3, -0.25) is 10.1 Å². The van der Waals surface area contributed by atoms with Gasteiger partial charge in [-0.2, -0.15) is 0 Å². The molecule has 0 saturated heterocycles. The second-order valence-electron chi connectivity index (χ2n) is 8.87. The van der Waals surface area contributed by atoms with Crippen molar-refractivity contribution in [1.29, 1.82) is 0 Å². The number of likely N-dealkylation sites (N-methyl/N-ethyl adjacent to an activating group) is 1. The van der Waals surface area contributed by atoms with E-state index in [1.54, 1.807) is 30.3 Å². The van der Waals surface area contributed by atoms with Crippen molar-refractivity contribution in [3.8, 4) is 0 Å². The number of carbonyl (C=O) groups excluding carboxylic acids is 2. The lowest BCUT2D eigenvalue weighted by Gasteiger charge is -2.20. The van der Waals surface area contributed by atoms with Crippen LogP contribution < -0.4 is 21.7 Å². The van der Waals surface area contributed by atoms with Crippen LogP contribution in [-0.2, 0) is 13.0 Å². The number of hydrogen-bond donors (Lipinski definition) is 4. The van der Waals surface area contributed by atoms with Crippen molar-refractivity contribution in [3.63, 3.8) is 0 Å². The van der Waals surface area contributed by atoms with Gasteiger partial charge in [-0.1, -0.05) is 38.0 Å². The molecule has 0 radical (unpaired) electrons. The fraction of sp³-hybridized carbons (Fsp3) is 0.346. The molecule has 8 nitrogen and oxygen atoms in total. The summed E-state index contributed by atoms with van der Waals surface area (Å²) in [6.45, 7) is 3.95. The van der Waals surface area contributed by atoms with E-state index in [0.29, 0.717) is 22.1 Å². The summed E-state index contributed by atoms with van der Waals surface area (Å²) >= 11 is 1.54. The molecular weight excluding hydrogens is 460 g/mol. The Bertz CT molecular complexity index is 1190. The van der Waals surface area contributed by atoms with Crippen molar-refractivity contribution in [2.45, 2.75) is 45.2 Å². The Morgan fingerprint density at radius 3 is 2.80 bits per heavy atom. The predicted octanol–water partition coefficient (Wildman–Crippen LogP) is 5.02. The molecule has 5 N–H and O–H groups in total. The first kappa shape index (κ1) is 24.7. The molecule has 3 amide bonds. The Morgan fingerprint density at radius 2 is 2.00 bits per heavy atom. The highest BCUT2D eigenvalue weighted by Gasteiger charge is 2.20. The Hall–Kier alpha value is -3.43. The van der Waals surface area contributed by atoms with E-state index >= 15 is 0 Å². The van der Waals surface area contributed by atoms with Crippen LogP contribution in [0.15, 0.2) is 48.5 Å². The number of rotatable bonds is 8. The topological polar surface area (TPSA) is 112 Å². The van der Waals surface area contributed by atoms with E-state index in [1.165, 1.54) is 16.2 Å². The van der Waals surface area contributed by atoms with Crippen LogP contribution in [0.4, 0.5) is 21.3 Å². The maximum atomic E-state index is 13.0. The van der Waals surface area contributed by atoms with Gasteiger partial charge in [-0.15, -0.1) is 11.3 Å². The smallest absolute Gasteiger partial charge is 0.319 e. The highest BCUT2D eigenvalue weighted by molar-refractivity contribution is 7.15. The first-order chi connectivity index (χ1) is 16.9. The minimum atomic E-state index is -0.315. The number of thiazole rings is 1. The van der Waals surface area contributed by atoms with Gasteiger partial charge in [0.25, 0.3) is 5.91 Å². The van der Waals surface area contributed by atoms with Gasteiger partial charge in [0.1, 0.15) is 0 Å². The monoisotopic (exact) mass is 492 g/mol. The number of nitrogens with one attached hydrogen (secondary N) is 3. The molecule has 1 unspecified atom stereocenters. The number of nitrogens with zero attached hydrogens (tertiary/aromatic N) is 2. The molecular formula is C26H32N6O2S. The second kappa shape index (κ2) is 11.3. The van der Waals surface area contributed by atoms with Crippen molar-refractivity contribution in [3.05, 3.63) is 70.2 Å². The summed E-state index contributed by atoms with van der Waals surface area (Å²) in [5.41, 5.74) is 9.51. The molecule has 1 aromatic heterocycles. The molecule has 1 aliphatic heterocycles. The van der Waals surface area contributed by atoms with Crippen LogP contribution in [-0.4, -0.2) is 35.4 Å². The Balaban J connectivity index is 1.45. The SMILES string of the molecule is CCCCC(NC(=O)Nc1cccc(N)c1)c1cccc(C(=O)Nc2nc3c(s2)CN(C)CC3)c1. The van der Waals surface area contributed by atoms with E-state index in [2.05, 4.69) is 39.8 Å². The molecule has 0 aliphatic carbocycles. The maximum Gasteiger partial charge on any atom is 0.319 e. The van der Waals surface area contributed by atoms with Crippen LogP contribution in [0, 0.1) is 0 Å². The summed E-state index contributed by atoms with van der Waals surface area (Å²) < 4.78 is 0. The molecule has 35 heavy (non-hydrogen) atoms. The number of carbonyl (C=O) groups is 2. The average molecular weight is 493 g/mol. The van der Waals surface area contributed by atoms with Crippen LogP contribution >= 0.6 is 11.3 Å². The molecule has 2 heterocycles. The van der Waals surface area contributed by atoms with Crippen molar-refractivity contribution < 1.29 is 9.59 Å². The molecule has 9 heteroatoms. The summed E-state index contributed by atoms with van der Waals surface area (Å²) in [6.07, 6.45) is 3.60. The number of nitrogens with two attached hydrogens (primary N) is 1. The molecule has 1 atom stereocenters. The summed E-state index contributed by atoms with van der Waals surface area (Å²) in [7, 11) is 2.09. The lowest BCUT2D eigenvalue weighted by atomic mass is 9.99. The van der Waals surface area contributed by atoms with Gasteiger partial charge in [0.2, 0.25) is 0 Å². The van der Waals surface area contributed by atoms with E-state index in [1.807, 2.05) is 18.2 Å². The van der Waals surface area contributed by atoms with Gasteiger partial charge < -0.3 is 21.3 Å². The van der Waals surface area contributed by atoms with E-state index in [4.69, 9.17) is 5.73 Å². The van der Waals surface area contributed by atoms with Crippen LogP contribution in [0.1, 0.15) is 58.7 Å². The summed E-state index contributed by atoms with van der Waals surface area (Å²) in [5.74, 6) is -0.204. The number of fused-ring (bicyclic) bond motifs is 1. The molecule has 0 saturated carbocycles. The first-order valence-electron chi connectivity index (χ1n) is 11.9. The number of hydrogen-bond acceptors (Lipinski definition) is 6. The summed E-state index contributed by atoms with van der Waals surface area (Å²) in [6, 6.07) is 13.9. The molecule has 184 valence electrons. The van der Waals surface area contributed by atoms with Crippen LogP contribution in [0.5, 0.6) is 0 Å². The molecule has 0 bridgehead atoms. The van der Waals surface area contributed by atoms with Gasteiger partial charge in [0.05, 0.1) is 11.7 Å². The van der Waals surface area contributed by atoms with E-state index in [9.17, 15) is 9.59 Å². The van der Waals surface area contributed by atoms with Crippen molar-refractivity contribution in [2.75, 3.05) is 30.0 Å². The number of benzene rings is 2. The number of unbranched alkanes of at least 4 members (excludes halogenated alkanes) is 1. The lowest BCUT2D eigenvalue weighted by Crippen LogP contribution is -2.32. The molecule has 1 aliphatic rings.